The van der Waals surface area contributed by atoms with Crippen molar-refractivity contribution in [2.45, 2.75) is 25.8 Å². The standard InChI is InChI=1S/C17H22N2O5/c1-2-23-17(22)19-10-8-14(9-11-19)18-15(20)12-24-16(21)13-6-4-3-5-7-13/h3-7,14H,2,8-12H2,1H3,(H,18,20). The predicted molar refractivity (Wildman–Crippen MR) is 86.5 cm³/mol. The first kappa shape index (κ1) is 17.8. The molecule has 130 valence electrons. The fraction of sp³-hybridized carbons (Fsp3) is 0.471. The minimum Gasteiger partial charge on any atom is -0.452 e. The summed E-state index contributed by atoms with van der Waals surface area (Å²) in [5.41, 5.74) is 0.410. The van der Waals surface area contributed by atoms with E-state index in [0.29, 0.717) is 38.1 Å². The zero-order chi connectivity index (χ0) is 17.4. The van der Waals surface area contributed by atoms with E-state index in [9.17, 15) is 14.4 Å². The third-order valence-electron chi connectivity index (χ3n) is 3.73. The Morgan fingerprint density at radius 3 is 2.42 bits per heavy atom. The maximum absolute atomic E-state index is 11.9. The fourth-order valence-electron chi connectivity index (χ4n) is 2.48. The molecule has 0 bridgehead atoms. The molecule has 7 nitrogen and oxygen atoms in total. The monoisotopic (exact) mass is 334 g/mol. The highest BCUT2D eigenvalue weighted by molar-refractivity contribution is 5.91. The lowest BCUT2D eigenvalue weighted by molar-refractivity contribution is -0.125. The van der Waals surface area contributed by atoms with Crippen molar-refractivity contribution in [1.82, 2.24) is 10.2 Å². The molecule has 1 fully saturated rings. The predicted octanol–water partition coefficient (Wildman–Crippen LogP) is 1.58. The molecule has 0 saturated carbocycles. The van der Waals surface area contributed by atoms with E-state index in [0.717, 1.165) is 0 Å². The number of rotatable bonds is 5. The van der Waals surface area contributed by atoms with Gasteiger partial charge in [0.25, 0.3) is 5.91 Å². The number of likely N-dealkylation sites (tertiary alicyclic amines) is 1. The van der Waals surface area contributed by atoms with Crippen molar-refractivity contribution in [3.05, 3.63) is 35.9 Å². The summed E-state index contributed by atoms with van der Waals surface area (Å²) in [4.78, 5) is 36.9. The van der Waals surface area contributed by atoms with Gasteiger partial charge in [0.05, 0.1) is 12.2 Å². The molecule has 1 aromatic rings. The largest absolute Gasteiger partial charge is 0.452 e. The highest BCUT2D eigenvalue weighted by Gasteiger charge is 2.24. The Kier molecular flexibility index (Phi) is 6.60. The third kappa shape index (κ3) is 5.26. The number of piperidine rings is 1. The summed E-state index contributed by atoms with van der Waals surface area (Å²) < 4.78 is 9.93. The van der Waals surface area contributed by atoms with Gasteiger partial charge in [-0.25, -0.2) is 9.59 Å². The van der Waals surface area contributed by atoms with Crippen molar-refractivity contribution in [2.75, 3.05) is 26.3 Å². The Morgan fingerprint density at radius 1 is 1.12 bits per heavy atom. The van der Waals surface area contributed by atoms with Crippen molar-refractivity contribution < 1.29 is 23.9 Å². The van der Waals surface area contributed by atoms with Gasteiger partial charge in [0.15, 0.2) is 6.61 Å². The summed E-state index contributed by atoms with van der Waals surface area (Å²) in [7, 11) is 0. The second-order valence-electron chi connectivity index (χ2n) is 5.47. The van der Waals surface area contributed by atoms with Crippen LogP contribution in [0.15, 0.2) is 30.3 Å². The lowest BCUT2D eigenvalue weighted by atomic mass is 10.1. The molecule has 1 aliphatic heterocycles. The highest BCUT2D eigenvalue weighted by atomic mass is 16.6. The van der Waals surface area contributed by atoms with Crippen LogP contribution in [0.5, 0.6) is 0 Å². The first-order valence-electron chi connectivity index (χ1n) is 8.03. The van der Waals surface area contributed by atoms with Crippen LogP contribution in [0.25, 0.3) is 0 Å². The lowest BCUT2D eigenvalue weighted by Crippen LogP contribution is -2.47. The van der Waals surface area contributed by atoms with Crippen molar-refractivity contribution in [3.8, 4) is 0 Å². The Morgan fingerprint density at radius 2 is 1.79 bits per heavy atom. The van der Waals surface area contributed by atoms with E-state index < -0.39 is 5.97 Å². The van der Waals surface area contributed by atoms with Gasteiger partial charge < -0.3 is 19.7 Å². The number of benzene rings is 1. The van der Waals surface area contributed by atoms with E-state index in [1.54, 1.807) is 42.2 Å². The summed E-state index contributed by atoms with van der Waals surface area (Å²) in [5.74, 6) is -0.864. The molecule has 0 aromatic heterocycles. The molecule has 1 aromatic carbocycles. The van der Waals surface area contributed by atoms with Crippen LogP contribution in [0.1, 0.15) is 30.1 Å². The Bertz CT molecular complexity index is 568. The smallest absolute Gasteiger partial charge is 0.409 e. The number of hydrogen-bond donors (Lipinski definition) is 1. The second-order valence-corrected chi connectivity index (χ2v) is 5.47. The maximum Gasteiger partial charge on any atom is 0.409 e. The van der Waals surface area contributed by atoms with Gasteiger partial charge in [-0.3, -0.25) is 4.79 Å². The molecular formula is C17H22N2O5. The number of carbonyl (C=O) groups is 3. The van der Waals surface area contributed by atoms with Gasteiger partial charge in [0, 0.05) is 19.1 Å². The van der Waals surface area contributed by atoms with Crippen molar-refractivity contribution in [2.24, 2.45) is 0 Å². The van der Waals surface area contributed by atoms with E-state index in [1.807, 2.05) is 0 Å². The van der Waals surface area contributed by atoms with Crippen LogP contribution in [0.4, 0.5) is 4.79 Å². The average Bonchev–Trinajstić information content (AvgIpc) is 2.61. The van der Waals surface area contributed by atoms with E-state index in [1.165, 1.54) is 0 Å². The van der Waals surface area contributed by atoms with Crippen LogP contribution in [0.2, 0.25) is 0 Å². The van der Waals surface area contributed by atoms with Gasteiger partial charge in [-0.2, -0.15) is 0 Å². The number of nitrogens with zero attached hydrogens (tertiary/aromatic N) is 1. The molecule has 0 unspecified atom stereocenters. The number of esters is 1. The van der Waals surface area contributed by atoms with Crippen LogP contribution in [-0.4, -0.2) is 55.2 Å². The molecule has 0 atom stereocenters. The van der Waals surface area contributed by atoms with E-state index in [-0.39, 0.29) is 24.6 Å². The average molecular weight is 334 g/mol. The minimum atomic E-state index is -0.525. The Labute approximate surface area is 140 Å². The maximum atomic E-state index is 11.9. The Hall–Kier alpha value is -2.57. The molecule has 1 aliphatic rings. The quantitative estimate of drug-likeness (QED) is 0.827. The van der Waals surface area contributed by atoms with Gasteiger partial charge in [-0.05, 0) is 31.9 Å². The highest BCUT2D eigenvalue weighted by Crippen LogP contribution is 2.11. The molecule has 1 saturated heterocycles. The molecule has 1 N–H and O–H groups in total. The SMILES string of the molecule is CCOC(=O)N1CCC(NC(=O)COC(=O)c2ccccc2)CC1. The van der Waals surface area contributed by atoms with E-state index in [4.69, 9.17) is 9.47 Å². The lowest BCUT2D eigenvalue weighted by Gasteiger charge is -2.31. The van der Waals surface area contributed by atoms with E-state index in [2.05, 4.69) is 5.32 Å². The van der Waals surface area contributed by atoms with E-state index >= 15 is 0 Å². The van der Waals surface area contributed by atoms with Crippen molar-refractivity contribution in [3.63, 3.8) is 0 Å². The normalized spacial score (nSPS) is 14.8. The van der Waals surface area contributed by atoms with Gasteiger partial charge >= 0.3 is 12.1 Å². The molecular weight excluding hydrogens is 312 g/mol. The number of amides is 2. The number of ether oxygens (including phenoxy) is 2. The third-order valence-corrected chi connectivity index (χ3v) is 3.73. The zero-order valence-corrected chi connectivity index (χ0v) is 13.7. The molecule has 1 heterocycles. The minimum absolute atomic E-state index is 0.0291. The van der Waals surface area contributed by atoms with Gasteiger partial charge in [0.1, 0.15) is 0 Å². The van der Waals surface area contributed by atoms with Crippen LogP contribution in [0.3, 0.4) is 0 Å². The van der Waals surface area contributed by atoms with Gasteiger partial charge in [-0.15, -0.1) is 0 Å². The summed E-state index contributed by atoms with van der Waals surface area (Å²) in [6, 6.07) is 8.49. The fourth-order valence-corrected chi connectivity index (χ4v) is 2.48. The molecule has 0 spiro atoms. The second kappa shape index (κ2) is 8.90. The topological polar surface area (TPSA) is 84.9 Å². The van der Waals surface area contributed by atoms with Crippen molar-refractivity contribution >= 4 is 18.0 Å². The van der Waals surface area contributed by atoms with Crippen LogP contribution in [0, 0.1) is 0 Å². The first-order chi connectivity index (χ1) is 11.6. The van der Waals surface area contributed by atoms with Gasteiger partial charge in [-0.1, -0.05) is 18.2 Å². The van der Waals surface area contributed by atoms with Gasteiger partial charge in [0.2, 0.25) is 0 Å². The summed E-state index contributed by atoms with van der Waals surface area (Å²) in [6.07, 6.45) is 0.980. The molecule has 24 heavy (non-hydrogen) atoms. The van der Waals surface area contributed by atoms with Crippen LogP contribution in [-0.2, 0) is 14.3 Å². The Balaban J connectivity index is 1.68. The summed E-state index contributed by atoms with van der Waals surface area (Å²) in [6.45, 7) is 2.87. The summed E-state index contributed by atoms with van der Waals surface area (Å²) >= 11 is 0. The number of carbonyl (C=O) groups excluding carboxylic acids is 3. The number of hydrogen-bond acceptors (Lipinski definition) is 5. The molecule has 2 amide bonds. The molecule has 2 rings (SSSR count). The first-order valence-corrected chi connectivity index (χ1v) is 8.03. The molecule has 0 radical (unpaired) electrons. The van der Waals surface area contributed by atoms with Crippen LogP contribution >= 0.6 is 0 Å². The zero-order valence-electron chi connectivity index (χ0n) is 13.7. The summed E-state index contributed by atoms with van der Waals surface area (Å²) in [5, 5.41) is 2.82. The molecule has 7 heteroatoms. The van der Waals surface area contributed by atoms with Crippen LogP contribution < -0.4 is 5.32 Å². The molecule has 0 aliphatic carbocycles. The number of nitrogens with one attached hydrogen (secondary N) is 1. The van der Waals surface area contributed by atoms with Crippen molar-refractivity contribution in [1.29, 1.82) is 0 Å².